The van der Waals surface area contributed by atoms with Gasteiger partial charge in [-0.3, -0.25) is 14.2 Å². The van der Waals surface area contributed by atoms with Crippen molar-refractivity contribution in [3.8, 4) is 11.1 Å². The molecule has 5 rings (SSSR count). The predicted octanol–water partition coefficient (Wildman–Crippen LogP) is 4.31. The van der Waals surface area contributed by atoms with Gasteiger partial charge in [-0.1, -0.05) is 36.8 Å². The van der Waals surface area contributed by atoms with E-state index < -0.39 is 6.17 Å². The second-order valence-electron chi connectivity index (χ2n) is 10.2. The molecule has 0 spiro atoms. The van der Waals surface area contributed by atoms with Crippen LogP contribution in [-0.4, -0.2) is 38.6 Å². The van der Waals surface area contributed by atoms with Gasteiger partial charge in [-0.15, -0.1) is 0 Å². The number of benzene rings is 2. The molecule has 2 atom stereocenters. The van der Waals surface area contributed by atoms with Crippen molar-refractivity contribution in [3.05, 3.63) is 81.7 Å². The molecule has 1 N–H and O–H groups in total. The Morgan fingerprint density at radius 3 is 2.57 bits per heavy atom. The number of hydrogen-bond acceptors (Lipinski definition) is 4. The van der Waals surface area contributed by atoms with Crippen LogP contribution in [0.1, 0.15) is 42.8 Å². The molecular formula is C28H32FN5O. The molecule has 1 saturated heterocycles. The molecule has 1 aliphatic rings. The molecule has 0 bridgehead atoms. The number of aromatic nitrogens is 4. The average molecular weight is 474 g/mol. The Hall–Kier alpha value is -3.32. The highest BCUT2D eigenvalue weighted by Gasteiger charge is 2.33. The minimum Gasteiger partial charge on any atom is -0.316 e. The van der Waals surface area contributed by atoms with E-state index in [0.717, 1.165) is 58.7 Å². The quantitative estimate of drug-likeness (QED) is 0.453. The molecule has 6 nitrogen and oxygen atoms in total. The lowest BCUT2D eigenvalue weighted by Gasteiger charge is -2.20. The first kappa shape index (κ1) is 23.4. The summed E-state index contributed by atoms with van der Waals surface area (Å²) in [6, 6.07) is 12.0. The second kappa shape index (κ2) is 9.04. The van der Waals surface area contributed by atoms with Crippen molar-refractivity contribution in [1.29, 1.82) is 0 Å². The molecule has 4 aromatic rings. The van der Waals surface area contributed by atoms with Crippen LogP contribution in [0.15, 0.2) is 53.6 Å². The fraction of sp³-hybridized carbons (Fsp3) is 0.393. The van der Waals surface area contributed by atoms with Gasteiger partial charge in [0.15, 0.2) is 0 Å². The van der Waals surface area contributed by atoms with E-state index in [1.807, 2.05) is 54.3 Å². The van der Waals surface area contributed by atoms with Crippen molar-refractivity contribution in [2.75, 3.05) is 13.1 Å². The van der Waals surface area contributed by atoms with Crippen molar-refractivity contribution in [3.63, 3.8) is 0 Å². The van der Waals surface area contributed by atoms with E-state index in [-0.39, 0.29) is 11.0 Å². The summed E-state index contributed by atoms with van der Waals surface area (Å²) in [6.45, 7) is 8.16. The van der Waals surface area contributed by atoms with Gasteiger partial charge in [0.25, 0.3) is 5.56 Å². The summed E-state index contributed by atoms with van der Waals surface area (Å²) in [5, 5.41) is 4.05. The molecule has 1 fully saturated rings. The zero-order chi connectivity index (χ0) is 24.7. The van der Waals surface area contributed by atoms with Crippen LogP contribution in [0.2, 0.25) is 0 Å². The van der Waals surface area contributed by atoms with E-state index >= 15 is 0 Å². The first-order valence-corrected chi connectivity index (χ1v) is 12.2. The van der Waals surface area contributed by atoms with Crippen molar-refractivity contribution in [1.82, 2.24) is 24.6 Å². The molecule has 1 aliphatic heterocycles. The van der Waals surface area contributed by atoms with Gasteiger partial charge in [0.2, 0.25) is 0 Å². The Morgan fingerprint density at radius 2 is 1.89 bits per heavy atom. The molecule has 3 heterocycles. The molecule has 35 heavy (non-hydrogen) atoms. The van der Waals surface area contributed by atoms with Gasteiger partial charge < -0.3 is 5.32 Å². The molecule has 0 radical (unpaired) electrons. The summed E-state index contributed by atoms with van der Waals surface area (Å²) < 4.78 is 17.5. The van der Waals surface area contributed by atoms with Crippen LogP contribution in [0.5, 0.6) is 0 Å². The number of rotatable bonds is 6. The Labute approximate surface area is 204 Å². The number of fused-ring (bicyclic) bond motifs is 1. The van der Waals surface area contributed by atoms with Gasteiger partial charge in [0.1, 0.15) is 12.0 Å². The number of nitrogens with one attached hydrogen (secondary N) is 1. The smallest absolute Gasteiger partial charge is 0.274 e. The SMILES string of the molecule is Cc1ccc(CC(C)F)c(Cn2c3cc(-c4cnc(C5(C)CCNC5)nc4)ccc3c(=O)n2C)c1. The molecule has 182 valence electrons. The van der Waals surface area contributed by atoms with Crippen molar-refractivity contribution in [2.24, 2.45) is 7.05 Å². The van der Waals surface area contributed by atoms with Gasteiger partial charge in [0, 0.05) is 43.4 Å². The fourth-order valence-corrected chi connectivity index (χ4v) is 5.10. The lowest BCUT2D eigenvalue weighted by atomic mass is 9.89. The number of alkyl halides is 1. The highest BCUT2D eigenvalue weighted by Crippen LogP contribution is 2.29. The van der Waals surface area contributed by atoms with E-state index in [4.69, 9.17) is 9.97 Å². The van der Waals surface area contributed by atoms with E-state index in [9.17, 15) is 9.18 Å². The van der Waals surface area contributed by atoms with Crippen LogP contribution in [0.4, 0.5) is 4.39 Å². The zero-order valence-electron chi connectivity index (χ0n) is 20.8. The second-order valence-corrected chi connectivity index (χ2v) is 10.2. The van der Waals surface area contributed by atoms with Crippen LogP contribution in [0.25, 0.3) is 22.0 Å². The summed E-state index contributed by atoms with van der Waals surface area (Å²) in [5.41, 5.74) is 5.73. The summed E-state index contributed by atoms with van der Waals surface area (Å²) in [4.78, 5) is 22.4. The number of aryl methyl sites for hydroxylation is 1. The number of nitrogens with zero attached hydrogens (tertiary/aromatic N) is 4. The van der Waals surface area contributed by atoms with Gasteiger partial charge in [-0.2, -0.15) is 0 Å². The van der Waals surface area contributed by atoms with Crippen LogP contribution in [0, 0.1) is 6.92 Å². The lowest BCUT2D eigenvalue weighted by molar-refractivity contribution is 0.359. The first-order valence-electron chi connectivity index (χ1n) is 12.2. The highest BCUT2D eigenvalue weighted by molar-refractivity contribution is 5.84. The molecule has 2 unspecified atom stereocenters. The average Bonchev–Trinajstić information content (AvgIpc) is 3.39. The summed E-state index contributed by atoms with van der Waals surface area (Å²) in [6.07, 6.45) is 4.20. The number of halogens is 1. The highest BCUT2D eigenvalue weighted by atomic mass is 19.1. The van der Waals surface area contributed by atoms with Crippen molar-refractivity contribution in [2.45, 2.75) is 51.7 Å². The maximum Gasteiger partial charge on any atom is 0.274 e. The topological polar surface area (TPSA) is 64.7 Å². The third-order valence-electron chi connectivity index (χ3n) is 7.24. The molecule has 7 heteroatoms. The van der Waals surface area contributed by atoms with E-state index in [1.54, 1.807) is 18.7 Å². The minimum atomic E-state index is -0.932. The summed E-state index contributed by atoms with van der Waals surface area (Å²) >= 11 is 0. The molecule has 2 aromatic carbocycles. The molecule has 0 saturated carbocycles. The maximum atomic E-state index is 13.9. The molecular weight excluding hydrogens is 441 g/mol. The van der Waals surface area contributed by atoms with Gasteiger partial charge >= 0.3 is 0 Å². The van der Waals surface area contributed by atoms with Crippen molar-refractivity contribution >= 4 is 10.9 Å². The molecule has 0 aliphatic carbocycles. The Morgan fingerprint density at radius 1 is 1.11 bits per heavy atom. The number of hydrogen-bond donors (Lipinski definition) is 1. The summed E-state index contributed by atoms with van der Waals surface area (Å²) in [5.74, 6) is 0.859. The third-order valence-corrected chi connectivity index (χ3v) is 7.24. The van der Waals surface area contributed by atoms with Crippen LogP contribution >= 0.6 is 0 Å². The minimum absolute atomic E-state index is 0.0367. The van der Waals surface area contributed by atoms with Crippen LogP contribution in [0.3, 0.4) is 0 Å². The Bertz CT molecular complexity index is 1430. The van der Waals surface area contributed by atoms with Gasteiger partial charge in [-0.25, -0.2) is 14.4 Å². The third kappa shape index (κ3) is 4.41. The van der Waals surface area contributed by atoms with Crippen LogP contribution in [-0.2, 0) is 25.4 Å². The Kier molecular flexibility index (Phi) is 6.05. The lowest BCUT2D eigenvalue weighted by Crippen LogP contribution is -2.27. The molecule has 2 aromatic heterocycles. The zero-order valence-corrected chi connectivity index (χ0v) is 20.8. The first-order chi connectivity index (χ1) is 16.7. The molecule has 0 amide bonds. The van der Waals surface area contributed by atoms with E-state index in [2.05, 4.69) is 18.3 Å². The van der Waals surface area contributed by atoms with Gasteiger partial charge in [-0.05, 0) is 55.6 Å². The van der Waals surface area contributed by atoms with E-state index in [1.165, 1.54) is 0 Å². The van der Waals surface area contributed by atoms with E-state index in [0.29, 0.717) is 18.4 Å². The summed E-state index contributed by atoms with van der Waals surface area (Å²) in [7, 11) is 1.78. The van der Waals surface area contributed by atoms with Crippen molar-refractivity contribution < 1.29 is 4.39 Å². The predicted molar refractivity (Wildman–Crippen MR) is 138 cm³/mol. The maximum absolute atomic E-state index is 13.9. The Balaban J connectivity index is 1.54. The fourth-order valence-electron chi connectivity index (χ4n) is 5.10. The monoisotopic (exact) mass is 473 g/mol. The standard InChI is InChI=1S/C28H32FN5O/c1-18-5-6-20(12-19(2)29)22(11-18)16-34-25-13-21(7-8-24(25)26(35)33(34)4)23-14-31-27(32-15-23)28(3)9-10-30-17-28/h5-8,11,13-15,19,30H,9-10,12,16-17H2,1-4H3. The van der Waals surface area contributed by atoms with Gasteiger partial charge in [0.05, 0.1) is 17.4 Å². The largest absolute Gasteiger partial charge is 0.316 e. The normalized spacial score (nSPS) is 18.9. The van der Waals surface area contributed by atoms with Crippen LogP contribution < -0.4 is 10.9 Å².